The van der Waals surface area contributed by atoms with Gasteiger partial charge in [0, 0.05) is 6.20 Å². The molecule has 2 atom stereocenters. The van der Waals surface area contributed by atoms with Crippen LogP contribution in [0.4, 0.5) is 0 Å². The highest BCUT2D eigenvalue weighted by Crippen LogP contribution is 2.20. The van der Waals surface area contributed by atoms with Gasteiger partial charge in [0.2, 0.25) is 0 Å². The number of pyridine rings is 1. The minimum absolute atomic E-state index is 0.124. The number of nitrogens with one attached hydrogen (secondary N) is 1. The number of esters is 1. The molecule has 1 heterocycles. The van der Waals surface area contributed by atoms with Gasteiger partial charge >= 0.3 is 5.97 Å². The van der Waals surface area contributed by atoms with Crippen molar-refractivity contribution in [3.8, 4) is 0 Å². The van der Waals surface area contributed by atoms with E-state index in [-0.39, 0.29) is 17.8 Å². The zero-order valence-corrected chi connectivity index (χ0v) is 12.1. The first-order chi connectivity index (χ1) is 10.2. The van der Waals surface area contributed by atoms with Crippen molar-refractivity contribution in [2.75, 3.05) is 0 Å². The highest BCUT2D eigenvalue weighted by atomic mass is 16.5. The second kappa shape index (κ2) is 7.57. The molecule has 0 saturated heterocycles. The Labute approximate surface area is 124 Å². The van der Waals surface area contributed by atoms with Crippen molar-refractivity contribution in [2.45, 2.75) is 38.8 Å². The molecular weight excluding hydrogens is 268 g/mol. The van der Waals surface area contributed by atoms with E-state index in [4.69, 9.17) is 4.74 Å². The van der Waals surface area contributed by atoms with Crippen LogP contribution in [0.25, 0.3) is 0 Å². The second-order valence-corrected chi connectivity index (χ2v) is 5.10. The van der Waals surface area contributed by atoms with E-state index in [1.807, 2.05) is 24.3 Å². The van der Waals surface area contributed by atoms with Gasteiger partial charge in [-0.05, 0) is 38.3 Å². The standard InChI is InChI=1S/C16H20N2O3/c1-12(21-16(20)13-7-3-2-4-8-13)15(19)18-11-14-9-5-6-10-17-14/h2-3,5-6,9-10,12-13H,4,7-8,11H2,1H3,(H,18,19)/t12-,13-/m1/s1. The normalized spacial score (nSPS) is 18.8. The van der Waals surface area contributed by atoms with Gasteiger partial charge in [0.15, 0.2) is 6.10 Å². The van der Waals surface area contributed by atoms with Crippen molar-refractivity contribution in [1.29, 1.82) is 0 Å². The average Bonchev–Trinajstić information content (AvgIpc) is 2.54. The van der Waals surface area contributed by atoms with E-state index in [1.54, 1.807) is 13.1 Å². The highest BCUT2D eigenvalue weighted by Gasteiger charge is 2.24. The lowest BCUT2D eigenvalue weighted by atomic mass is 9.95. The molecule has 0 radical (unpaired) electrons. The Bertz CT molecular complexity index is 514. The van der Waals surface area contributed by atoms with Crippen molar-refractivity contribution in [2.24, 2.45) is 5.92 Å². The van der Waals surface area contributed by atoms with E-state index < -0.39 is 6.10 Å². The summed E-state index contributed by atoms with van der Waals surface area (Å²) in [4.78, 5) is 28.0. The van der Waals surface area contributed by atoms with Gasteiger partial charge in [-0.3, -0.25) is 14.6 Å². The molecule has 112 valence electrons. The minimum Gasteiger partial charge on any atom is -0.452 e. The number of aromatic nitrogens is 1. The van der Waals surface area contributed by atoms with Gasteiger partial charge in [-0.15, -0.1) is 0 Å². The number of hydrogen-bond donors (Lipinski definition) is 1. The summed E-state index contributed by atoms with van der Waals surface area (Å²) < 4.78 is 5.23. The van der Waals surface area contributed by atoms with Crippen LogP contribution in [-0.4, -0.2) is 23.0 Å². The fourth-order valence-corrected chi connectivity index (χ4v) is 2.16. The Morgan fingerprint density at radius 1 is 1.43 bits per heavy atom. The number of ether oxygens (including phenoxy) is 1. The molecule has 0 spiro atoms. The first-order valence-corrected chi connectivity index (χ1v) is 7.20. The summed E-state index contributed by atoms with van der Waals surface area (Å²) in [5.74, 6) is -0.721. The molecule has 1 aromatic heterocycles. The monoisotopic (exact) mass is 288 g/mol. The summed E-state index contributed by atoms with van der Waals surface area (Å²) in [7, 11) is 0. The molecule has 2 rings (SSSR count). The Morgan fingerprint density at radius 3 is 2.95 bits per heavy atom. The predicted molar refractivity (Wildman–Crippen MR) is 78.1 cm³/mol. The molecule has 1 N–H and O–H groups in total. The van der Waals surface area contributed by atoms with Crippen molar-refractivity contribution in [3.05, 3.63) is 42.2 Å². The van der Waals surface area contributed by atoms with E-state index in [9.17, 15) is 9.59 Å². The molecule has 1 amide bonds. The van der Waals surface area contributed by atoms with Gasteiger partial charge in [-0.2, -0.15) is 0 Å². The average molecular weight is 288 g/mol. The Kier molecular flexibility index (Phi) is 5.49. The van der Waals surface area contributed by atoms with Crippen LogP contribution in [0.15, 0.2) is 36.5 Å². The van der Waals surface area contributed by atoms with Gasteiger partial charge in [-0.1, -0.05) is 18.2 Å². The lowest BCUT2D eigenvalue weighted by Gasteiger charge is -2.19. The fourth-order valence-electron chi connectivity index (χ4n) is 2.16. The van der Waals surface area contributed by atoms with Crippen LogP contribution >= 0.6 is 0 Å². The molecule has 0 bridgehead atoms. The third kappa shape index (κ3) is 4.70. The molecule has 0 aliphatic heterocycles. The zero-order chi connectivity index (χ0) is 15.1. The largest absolute Gasteiger partial charge is 0.452 e. The topological polar surface area (TPSA) is 68.3 Å². The fraction of sp³-hybridized carbons (Fsp3) is 0.438. The van der Waals surface area contributed by atoms with E-state index in [0.29, 0.717) is 13.0 Å². The van der Waals surface area contributed by atoms with E-state index in [2.05, 4.69) is 16.4 Å². The number of rotatable bonds is 5. The maximum Gasteiger partial charge on any atom is 0.310 e. The molecule has 0 saturated carbocycles. The van der Waals surface area contributed by atoms with Crippen molar-refractivity contribution >= 4 is 11.9 Å². The number of hydrogen-bond acceptors (Lipinski definition) is 4. The summed E-state index contributed by atoms with van der Waals surface area (Å²) in [5, 5.41) is 2.71. The Balaban J connectivity index is 1.76. The van der Waals surface area contributed by atoms with Crippen molar-refractivity contribution in [3.63, 3.8) is 0 Å². The van der Waals surface area contributed by atoms with Gasteiger partial charge in [0.05, 0.1) is 18.2 Å². The predicted octanol–water partition coefficient (Wildman–Crippen LogP) is 1.99. The van der Waals surface area contributed by atoms with Gasteiger partial charge < -0.3 is 10.1 Å². The van der Waals surface area contributed by atoms with Gasteiger partial charge in [0.1, 0.15) is 0 Å². The van der Waals surface area contributed by atoms with Crippen LogP contribution in [0.5, 0.6) is 0 Å². The molecule has 0 unspecified atom stereocenters. The molecule has 1 aliphatic rings. The summed E-state index contributed by atoms with van der Waals surface area (Å²) in [5.41, 5.74) is 0.766. The van der Waals surface area contributed by atoms with Crippen LogP contribution in [0.3, 0.4) is 0 Å². The summed E-state index contributed by atoms with van der Waals surface area (Å²) in [6, 6.07) is 5.49. The number of nitrogens with zero attached hydrogens (tertiary/aromatic N) is 1. The summed E-state index contributed by atoms with van der Waals surface area (Å²) in [6.07, 6.45) is 7.31. The van der Waals surface area contributed by atoms with Crippen LogP contribution in [0.2, 0.25) is 0 Å². The van der Waals surface area contributed by atoms with Crippen LogP contribution in [-0.2, 0) is 20.9 Å². The second-order valence-electron chi connectivity index (χ2n) is 5.10. The Hall–Kier alpha value is -2.17. The lowest BCUT2D eigenvalue weighted by Crippen LogP contribution is -2.37. The van der Waals surface area contributed by atoms with Gasteiger partial charge in [0.25, 0.3) is 5.91 Å². The first kappa shape index (κ1) is 15.2. The maximum atomic E-state index is 11.9. The third-order valence-corrected chi connectivity index (χ3v) is 3.43. The van der Waals surface area contributed by atoms with Gasteiger partial charge in [-0.25, -0.2) is 0 Å². The molecule has 0 aromatic carbocycles. The molecule has 1 aromatic rings. The molecule has 1 aliphatic carbocycles. The van der Waals surface area contributed by atoms with Crippen molar-refractivity contribution in [1.82, 2.24) is 10.3 Å². The SMILES string of the molecule is C[C@@H](OC(=O)[C@@H]1CC=CCC1)C(=O)NCc1ccccn1. The van der Waals surface area contributed by atoms with E-state index in [0.717, 1.165) is 18.5 Å². The number of amides is 1. The molecule has 5 heteroatoms. The molecule has 21 heavy (non-hydrogen) atoms. The first-order valence-electron chi connectivity index (χ1n) is 7.20. The highest BCUT2D eigenvalue weighted by molar-refractivity contribution is 5.83. The maximum absolute atomic E-state index is 11.9. The Morgan fingerprint density at radius 2 is 2.29 bits per heavy atom. The third-order valence-electron chi connectivity index (χ3n) is 3.43. The number of allylic oxidation sites excluding steroid dienone is 2. The molecular formula is C16H20N2O3. The van der Waals surface area contributed by atoms with Crippen LogP contribution in [0.1, 0.15) is 31.9 Å². The van der Waals surface area contributed by atoms with E-state index in [1.165, 1.54) is 0 Å². The van der Waals surface area contributed by atoms with Crippen LogP contribution < -0.4 is 5.32 Å². The van der Waals surface area contributed by atoms with E-state index >= 15 is 0 Å². The molecule has 5 nitrogen and oxygen atoms in total. The zero-order valence-electron chi connectivity index (χ0n) is 12.1. The summed E-state index contributed by atoms with van der Waals surface area (Å²) >= 11 is 0. The minimum atomic E-state index is -0.785. The lowest BCUT2D eigenvalue weighted by molar-refractivity contribution is -0.159. The number of carbonyl (C=O) groups excluding carboxylic acids is 2. The molecule has 0 fully saturated rings. The van der Waals surface area contributed by atoms with Crippen molar-refractivity contribution < 1.29 is 14.3 Å². The smallest absolute Gasteiger partial charge is 0.310 e. The van der Waals surface area contributed by atoms with Crippen LogP contribution in [0, 0.1) is 5.92 Å². The quantitative estimate of drug-likeness (QED) is 0.664. The number of carbonyl (C=O) groups is 2. The summed E-state index contributed by atoms with van der Waals surface area (Å²) in [6.45, 7) is 1.91.